The van der Waals surface area contributed by atoms with Crippen LogP contribution in [-0.2, 0) is 9.53 Å². The first-order chi connectivity index (χ1) is 9.39. The van der Waals surface area contributed by atoms with Crippen molar-refractivity contribution in [3.63, 3.8) is 0 Å². The molecule has 0 aromatic rings. The number of ether oxygens (including phenoxy) is 1. The van der Waals surface area contributed by atoms with Crippen LogP contribution in [0.3, 0.4) is 0 Å². The molecule has 0 heterocycles. The predicted octanol–water partition coefficient (Wildman–Crippen LogP) is 0.937. The Morgan fingerprint density at radius 2 is 1.52 bits per heavy atom. The van der Waals surface area contributed by atoms with Crippen molar-refractivity contribution in [1.82, 2.24) is 0 Å². The highest BCUT2D eigenvalue weighted by molar-refractivity contribution is 5.86. The molecule has 0 aromatic heterocycles. The van der Waals surface area contributed by atoms with Crippen LogP contribution in [0.4, 0.5) is 0 Å². The van der Waals surface area contributed by atoms with Crippen molar-refractivity contribution in [3.05, 3.63) is 12.2 Å². The molecule has 0 amide bonds. The molecule has 126 valence electrons. The van der Waals surface area contributed by atoms with Gasteiger partial charge in [-0.2, -0.15) is 0 Å². The monoisotopic (exact) mass is 319 g/mol. The van der Waals surface area contributed by atoms with Gasteiger partial charge in [-0.1, -0.05) is 39.2 Å². The van der Waals surface area contributed by atoms with Gasteiger partial charge >= 0.3 is 5.97 Å². The zero-order chi connectivity index (χ0) is 15.4. The molecule has 21 heavy (non-hydrogen) atoms. The molecule has 0 bridgehead atoms. The minimum atomic E-state index is -0.272. The van der Waals surface area contributed by atoms with Gasteiger partial charge in [-0.3, -0.25) is 0 Å². The van der Waals surface area contributed by atoms with Gasteiger partial charge in [-0.25, -0.2) is 4.79 Å². The Labute approximate surface area is 137 Å². The zero-order valence-corrected chi connectivity index (χ0v) is 15.2. The van der Waals surface area contributed by atoms with Crippen LogP contribution in [0.15, 0.2) is 12.2 Å². The highest BCUT2D eigenvalue weighted by Crippen LogP contribution is 2.09. The van der Waals surface area contributed by atoms with Gasteiger partial charge in [0.05, 0.1) is 33.8 Å². The molecule has 0 aliphatic rings. The first-order valence-corrected chi connectivity index (χ1v) is 8.03. The topological polar surface area (TPSA) is 26.3 Å². The van der Waals surface area contributed by atoms with E-state index in [1.54, 1.807) is 6.92 Å². The number of quaternary nitrogens is 1. The second-order valence-corrected chi connectivity index (χ2v) is 6.42. The van der Waals surface area contributed by atoms with E-state index in [-0.39, 0.29) is 18.4 Å². The highest BCUT2D eigenvalue weighted by atomic mass is 35.5. The fraction of sp³-hybridized carbons (Fsp3) is 0.824. The molecule has 0 saturated carbocycles. The van der Waals surface area contributed by atoms with Gasteiger partial charge in [0.1, 0.15) is 0 Å². The van der Waals surface area contributed by atoms with E-state index in [1.807, 2.05) is 0 Å². The smallest absolute Gasteiger partial charge is 0.333 e. The van der Waals surface area contributed by atoms with Gasteiger partial charge in [0.25, 0.3) is 0 Å². The minimum Gasteiger partial charge on any atom is -1.00 e. The minimum absolute atomic E-state index is 0. The SMILES string of the molecule is C=C(C)C(=O)OCCC[N+](C)(C)CCCCCCCC.[Cl-]. The summed E-state index contributed by atoms with van der Waals surface area (Å²) < 4.78 is 6.13. The van der Waals surface area contributed by atoms with Crippen LogP contribution in [0.1, 0.15) is 58.8 Å². The van der Waals surface area contributed by atoms with Gasteiger partial charge in [-0.15, -0.1) is 0 Å². The summed E-state index contributed by atoms with van der Waals surface area (Å²) in [6, 6.07) is 0. The molecule has 0 fully saturated rings. The van der Waals surface area contributed by atoms with E-state index in [2.05, 4.69) is 27.6 Å². The van der Waals surface area contributed by atoms with Crippen LogP contribution < -0.4 is 12.4 Å². The maximum atomic E-state index is 11.2. The van der Waals surface area contributed by atoms with E-state index >= 15 is 0 Å². The standard InChI is InChI=1S/C17H34NO2.ClH/c1-6-7-8-9-10-11-13-18(4,5)14-12-15-20-17(19)16(2)3;/h2,6-15H2,1,3-5H3;1H/q+1;/p-1. The van der Waals surface area contributed by atoms with Gasteiger partial charge in [0, 0.05) is 12.0 Å². The number of halogens is 1. The van der Waals surface area contributed by atoms with E-state index in [0.29, 0.717) is 12.2 Å². The number of carbonyl (C=O) groups excluding carboxylic acids is 1. The highest BCUT2D eigenvalue weighted by Gasteiger charge is 2.14. The van der Waals surface area contributed by atoms with E-state index in [1.165, 1.54) is 45.1 Å². The van der Waals surface area contributed by atoms with Crippen LogP contribution in [0.25, 0.3) is 0 Å². The van der Waals surface area contributed by atoms with Gasteiger partial charge < -0.3 is 21.6 Å². The molecule has 0 N–H and O–H groups in total. The number of hydrogen-bond acceptors (Lipinski definition) is 2. The molecule has 0 radical (unpaired) electrons. The van der Waals surface area contributed by atoms with Crippen LogP contribution in [-0.4, -0.2) is 44.2 Å². The number of hydrogen-bond donors (Lipinski definition) is 0. The fourth-order valence-corrected chi connectivity index (χ4v) is 2.21. The van der Waals surface area contributed by atoms with E-state index in [0.717, 1.165) is 17.4 Å². The number of carbonyl (C=O) groups is 1. The molecular weight excluding hydrogens is 286 g/mol. The molecule has 0 aliphatic heterocycles. The third-order valence-corrected chi connectivity index (χ3v) is 3.61. The third kappa shape index (κ3) is 14.2. The quantitative estimate of drug-likeness (QED) is 0.232. The van der Waals surface area contributed by atoms with Crippen molar-refractivity contribution in [3.8, 4) is 0 Å². The summed E-state index contributed by atoms with van der Waals surface area (Å²) >= 11 is 0. The second-order valence-electron chi connectivity index (χ2n) is 6.42. The molecule has 0 aromatic carbocycles. The van der Waals surface area contributed by atoms with Crippen molar-refractivity contribution in [2.45, 2.75) is 58.8 Å². The normalized spacial score (nSPS) is 10.9. The van der Waals surface area contributed by atoms with Gasteiger partial charge in [-0.05, 0) is 19.8 Å². The molecule has 0 spiro atoms. The number of esters is 1. The summed E-state index contributed by atoms with van der Waals surface area (Å²) in [4.78, 5) is 11.2. The Morgan fingerprint density at radius 3 is 2.10 bits per heavy atom. The van der Waals surface area contributed by atoms with Crippen molar-refractivity contribution in [2.75, 3.05) is 33.8 Å². The number of unbranched alkanes of at least 4 members (excludes halogenated alkanes) is 5. The lowest BCUT2D eigenvalue weighted by Crippen LogP contribution is -3.00. The first kappa shape index (κ1) is 22.7. The molecule has 0 aliphatic carbocycles. The van der Waals surface area contributed by atoms with E-state index in [4.69, 9.17) is 4.74 Å². The molecule has 3 nitrogen and oxygen atoms in total. The van der Waals surface area contributed by atoms with Crippen molar-refractivity contribution >= 4 is 5.97 Å². The Morgan fingerprint density at radius 1 is 1.00 bits per heavy atom. The largest absolute Gasteiger partial charge is 1.00 e. The number of rotatable bonds is 12. The van der Waals surface area contributed by atoms with Crippen LogP contribution in [0, 0.1) is 0 Å². The van der Waals surface area contributed by atoms with E-state index in [9.17, 15) is 4.79 Å². The summed E-state index contributed by atoms with van der Waals surface area (Å²) in [5, 5.41) is 0. The Balaban J connectivity index is 0. The van der Waals surface area contributed by atoms with Crippen LogP contribution in [0.2, 0.25) is 0 Å². The first-order valence-electron chi connectivity index (χ1n) is 8.03. The van der Waals surface area contributed by atoms with Gasteiger partial charge in [0.15, 0.2) is 0 Å². The summed E-state index contributed by atoms with van der Waals surface area (Å²) in [6.45, 7) is 10.3. The fourth-order valence-electron chi connectivity index (χ4n) is 2.21. The third-order valence-electron chi connectivity index (χ3n) is 3.61. The molecule has 0 rings (SSSR count). The Hall–Kier alpha value is -0.540. The average molecular weight is 320 g/mol. The predicted molar refractivity (Wildman–Crippen MR) is 85.6 cm³/mol. The Bertz CT molecular complexity index is 291. The molecular formula is C17H34ClNO2. The summed E-state index contributed by atoms with van der Waals surface area (Å²) in [5.41, 5.74) is 0.478. The summed E-state index contributed by atoms with van der Waals surface area (Å²) in [5.74, 6) is -0.272. The molecule has 0 unspecified atom stereocenters. The van der Waals surface area contributed by atoms with Crippen LogP contribution >= 0.6 is 0 Å². The van der Waals surface area contributed by atoms with Gasteiger partial charge in [0.2, 0.25) is 0 Å². The second kappa shape index (κ2) is 13.1. The molecule has 0 saturated heterocycles. The zero-order valence-electron chi connectivity index (χ0n) is 14.4. The lowest BCUT2D eigenvalue weighted by Gasteiger charge is -2.29. The maximum absolute atomic E-state index is 11.2. The summed E-state index contributed by atoms with van der Waals surface area (Å²) in [7, 11) is 4.51. The Kier molecular flexibility index (Phi) is 14.2. The average Bonchev–Trinajstić information content (AvgIpc) is 2.38. The lowest BCUT2D eigenvalue weighted by atomic mass is 10.1. The van der Waals surface area contributed by atoms with E-state index < -0.39 is 0 Å². The van der Waals surface area contributed by atoms with Crippen molar-refractivity contribution < 1.29 is 26.4 Å². The number of nitrogens with zero attached hydrogens (tertiary/aromatic N) is 1. The molecule has 0 atom stereocenters. The lowest BCUT2D eigenvalue weighted by molar-refractivity contribution is -0.890. The maximum Gasteiger partial charge on any atom is 0.333 e. The van der Waals surface area contributed by atoms with Crippen molar-refractivity contribution in [1.29, 1.82) is 0 Å². The summed E-state index contributed by atoms with van der Waals surface area (Å²) in [6.07, 6.45) is 8.97. The van der Waals surface area contributed by atoms with Crippen LogP contribution in [0.5, 0.6) is 0 Å². The molecule has 4 heteroatoms. The van der Waals surface area contributed by atoms with Crippen molar-refractivity contribution in [2.24, 2.45) is 0 Å².